The zero-order valence-electron chi connectivity index (χ0n) is 24.1. The molecule has 1 saturated heterocycles. The summed E-state index contributed by atoms with van der Waals surface area (Å²) in [6.45, 7) is 5.08. The number of ketones is 1. The minimum Gasteiger partial charge on any atom is -0.507 e. The first-order chi connectivity index (χ1) is 21.0. The molecule has 0 saturated carbocycles. The van der Waals surface area contributed by atoms with Crippen molar-refractivity contribution in [3.63, 3.8) is 0 Å². The first-order valence-electron chi connectivity index (χ1n) is 14.3. The molecular formula is C33H33N3O5S2. The zero-order valence-corrected chi connectivity index (χ0v) is 25.7. The predicted octanol–water partition coefficient (Wildman–Crippen LogP) is 7.42. The number of Topliss-reactive ketones (excluding diaryl/α,β-unsaturated/α-hetero) is 1. The molecule has 4 aromatic rings. The summed E-state index contributed by atoms with van der Waals surface area (Å²) in [6, 6.07) is 23.1. The largest absolute Gasteiger partial charge is 0.507 e. The Balaban J connectivity index is 1.52. The fraction of sp³-hybridized carbons (Fsp3) is 0.273. The van der Waals surface area contributed by atoms with E-state index < -0.39 is 17.7 Å². The molecule has 3 aromatic carbocycles. The topological polar surface area (TPSA) is 102 Å². The smallest absolute Gasteiger partial charge is 0.301 e. The van der Waals surface area contributed by atoms with Gasteiger partial charge in [-0.05, 0) is 60.9 Å². The Morgan fingerprint density at radius 2 is 1.72 bits per heavy atom. The van der Waals surface area contributed by atoms with E-state index in [1.807, 2.05) is 61.5 Å². The van der Waals surface area contributed by atoms with Gasteiger partial charge in [0.1, 0.15) is 17.3 Å². The van der Waals surface area contributed by atoms with E-state index in [0.717, 1.165) is 24.8 Å². The van der Waals surface area contributed by atoms with Gasteiger partial charge in [0.25, 0.3) is 5.78 Å². The second kappa shape index (κ2) is 14.3. The zero-order chi connectivity index (χ0) is 30.2. The summed E-state index contributed by atoms with van der Waals surface area (Å²) < 4.78 is 12.2. The number of aliphatic hydroxyl groups is 1. The summed E-state index contributed by atoms with van der Waals surface area (Å²) in [5.41, 5.74) is 2.13. The fourth-order valence-corrected chi connectivity index (χ4v) is 6.59. The van der Waals surface area contributed by atoms with E-state index in [1.165, 1.54) is 28.0 Å². The van der Waals surface area contributed by atoms with Crippen LogP contribution in [0.4, 0.5) is 5.13 Å². The van der Waals surface area contributed by atoms with E-state index >= 15 is 0 Å². The van der Waals surface area contributed by atoms with Crippen LogP contribution in [0.15, 0.2) is 88.8 Å². The molecule has 1 amide bonds. The maximum atomic E-state index is 13.6. The van der Waals surface area contributed by atoms with Gasteiger partial charge in [0.15, 0.2) is 4.34 Å². The third-order valence-corrected chi connectivity index (χ3v) is 9.01. The maximum absolute atomic E-state index is 13.6. The van der Waals surface area contributed by atoms with Crippen molar-refractivity contribution in [1.82, 2.24) is 10.2 Å². The Kier molecular flexibility index (Phi) is 10.1. The summed E-state index contributed by atoms with van der Waals surface area (Å²) in [6.07, 6.45) is 3.06. The molecule has 1 aliphatic heterocycles. The number of aliphatic hydroxyl groups excluding tert-OH is 1. The molecule has 1 aromatic heterocycles. The Hall–Kier alpha value is -4.15. The van der Waals surface area contributed by atoms with Gasteiger partial charge in [-0.3, -0.25) is 14.5 Å². The molecule has 5 rings (SSSR count). The number of hydrogen-bond acceptors (Lipinski definition) is 9. The number of amides is 1. The van der Waals surface area contributed by atoms with Crippen LogP contribution in [-0.2, 0) is 15.3 Å². The van der Waals surface area contributed by atoms with E-state index in [2.05, 4.69) is 17.1 Å². The fourth-order valence-electron chi connectivity index (χ4n) is 4.77. The minimum atomic E-state index is -0.925. The highest BCUT2D eigenvalue weighted by atomic mass is 32.2. The summed E-state index contributed by atoms with van der Waals surface area (Å²) in [4.78, 5) is 28.5. The normalized spacial score (nSPS) is 16.0. The molecule has 0 radical (unpaired) electrons. The lowest BCUT2D eigenvalue weighted by Crippen LogP contribution is -2.29. The average Bonchev–Trinajstić information content (AvgIpc) is 3.61. The second-order valence-corrected chi connectivity index (χ2v) is 12.1. The number of hydrogen-bond donors (Lipinski definition) is 1. The van der Waals surface area contributed by atoms with Crippen LogP contribution in [0, 0.1) is 0 Å². The lowest BCUT2D eigenvalue weighted by Gasteiger charge is -2.23. The molecule has 1 atom stereocenters. The van der Waals surface area contributed by atoms with Crippen molar-refractivity contribution < 1.29 is 24.2 Å². The van der Waals surface area contributed by atoms with Crippen LogP contribution >= 0.6 is 23.1 Å². The molecule has 2 heterocycles. The van der Waals surface area contributed by atoms with Crippen molar-refractivity contribution in [2.75, 3.05) is 18.1 Å². The lowest BCUT2D eigenvalue weighted by molar-refractivity contribution is -0.132. The molecule has 8 nitrogen and oxygen atoms in total. The number of rotatable bonds is 13. The number of unbranched alkanes of at least 4 members (excludes halogenated alkanes) is 2. The Labute approximate surface area is 259 Å². The average molecular weight is 616 g/mol. The number of thioether (sulfide) groups is 1. The Morgan fingerprint density at radius 3 is 2.47 bits per heavy atom. The van der Waals surface area contributed by atoms with E-state index in [9.17, 15) is 14.7 Å². The SMILES string of the molecule is CCCCCOc1cccc(C2/C(=C(\O)c3ccc(OCC)cc3)C(=O)C(=O)N2c2nnc(SCc3ccccc3)s2)c1. The molecule has 0 bridgehead atoms. The van der Waals surface area contributed by atoms with E-state index in [4.69, 9.17) is 9.47 Å². The van der Waals surface area contributed by atoms with E-state index in [-0.39, 0.29) is 16.5 Å². The number of carbonyl (C=O) groups excluding carboxylic acids is 2. The monoisotopic (exact) mass is 615 g/mol. The van der Waals surface area contributed by atoms with Crippen molar-refractivity contribution in [2.45, 2.75) is 49.2 Å². The van der Waals surface area contributed by atoms with Gasteiger partial charge in [-0.2, -0.15) is 0 Å². The summed E-state index contributed by atoms with van der Waals surface area (Å²) in [5.74, 6) is 0.107. The summed E-state index contributed by atoms with van der Waals surface area (Å²) in [7, 11) is 0. The molecule has 43 heavy (non-hydrogen) atoms. The summed E-state index contributed by atoms with van der Waals surface area (Å²) in [5, 5.41) is 20.4. The second-order valence-electron chi connectivity index (χ2n) is 9.88. The molecule has 1 unspecified atom stereocenters. The number of benzene rings is 3. The predicted molar refractivity (Wildman–Crippen MR) is 170 cm³/mol. The van der Waals surface area contributed by atoms with E-state index in [1.54, 1.807) is 24.3 Å². The molecule has 0 aliphatic carbocycles. The van der Waals surface area contributed by atoms with Crippen LogP contribution < -0.4 is 14.4 Å². The lowest BCUT2D eigenvalue weighted by atomic mass is 9.95. The van der Waals surface area contributed by atoms with Crippen molar-refractivity contribution in [2.24, 2.45) is 0 Å². The van der Waals surface area contributed by atoms with Crippen LogP contribution in [-0.4, -0.2) is 40.2 Å². The number of nitrogens with zero attached hydrogens (tertiary/aromatic N) is 3. The van der Waals surface area contributed by atoms with E-state index in [0.29, 0.717) is 45.9 Å². The van der Waals surface area contributed by atoms with Gasteiger partial charge < -0.3 is 14.6 Å². The van der Waals surface area contributed by atoms with Crippen LogP contribution in [0.5, 0.6) is 11.5 Å². The minimum absolute atomic E-state index is 0.0222. The highest BCUT2D eigenvalue weighted by Crippen LogP contribution is 2.44. The van der Waals surface area contributed by atoms with Crippen molar-refractivity contribution >= 4 is 45.7 Å². The number of anilines is 1. The first kappa shape index (κ1) is 30.3. The molecule has 1 N–H and O–H groups in total. The van der Waals surface area contributed by atoms with Crippen LogP contribution in [0.3, 0.4) is 0 Å². The molecule has 1 fully saturated rings. The van der Waals surface area contributed by atoms with Gasteiger partial charge in [-0.1, -0.05) is 85.3 Å². The number of carbonyl (C=O) groups is 2. The quantitative estimate of drug-likeness (QED) is 0.0414. The summed E-state index contributed by atoms with van der Waals surface area (Å²) >= 11 is 2.74. The molecular weight excluding hydrogens is 583 g/mol. The highest BCUT2D eigenvalue weighted by molar-refractivity contribution is 8.00. The third kappa shape index (κ3) is 7.09. The number of ether oxygens (including phenoxy) is 2. The van der Waals surface area contributed by atoms with Crippen molar-refractivity contribution in [3.8, 4) is 11.5 Å². The highest BCUT2D eigenvalue weighted by Gasteiger charge is 2.48. The number of aromatic nitrogens is 2. The Morgan fingerprint density at radius 1 is 0.930 bits per heavy atom. The standard InChI is InChI=1S/C33H33N3O5S2/c1-3-5-9-19-41-26-14-10-13-24(20-26)28-27(29(37)23-15-17-25(18-16-23)40-4-2)30(38)31(39)36(28)32-34-35-33(43-32)42-21-22-11-7-6-8-12-22/h6-8,10-18,20,28,37H,3-5,9,19,21H2,1-2H3/b29-27+. The van der Waals surface area contributed by atoms with Crippen LogP contribution in [0.1, 0.15) is 55.8 Å². The van der Waals surface area contributed by atoms with Gasteiger partial charge in [0.05, 0.1) is 24.8 Å². The van der Waals surface area contributed by atoms with Crippen molar-refractivity contribution in [1.29, 1.82) is 0 Å². The molecule has 222 valence electrons. The van der Waals surface area contributed by atoms with Gasteiger partial charge in [0.2, 0.25) is 5.13 Å². The maximum Gasteiger partial charge on any atom is 0.301 e. The molecule has 0 spiro atoms. The third-order valence-electron chi connectivity index (χ3n) is 6.88. The van der Waals surface area contributed by atoms with Gasteiger partial charge in [-0.25, -0.2) is 0 Å². The van der Waals surface area contributed by atoms with Gasteiger partial charge >= 0.3 is 5.91 Å². The van der Waals surface area contributed by atoms with Crippen LogP contribution in [0.2, 0.25) is 0 Å². The van der Waals surface area contributed by atoms with Crippen molar-refractivity contribution in [3.05, 3.63) is 101 Å². The Bertz CT molecular complexity index is 1590. The van der Waals surface area contributed by atoms with Gasteiger partial charge in [-0.15, -0.1) is 10.2 Å². The van der Waals surface area contributed by atoms with Gasteiger partial charge in [0, 0.05) is 11.3 Å². The first-order valence-corrected chi connectivity index (χ1v) is 16.1. The van der Waals surface area contributed by atoms with Crippen LogP contribution in [0.25, 0.3) is 5.76 Å². The molecule has 1 aliphatic rings. The molecule has 10 heteroatoms.